The standard InChI is InChI=1S/C11H16N4O4/c1-6-5-8(15(2)14-6)10(17)13-7(11(18)19)3-4-9(12)16/h5,7H,3-4H2,1-2H3,(H2,12,16)(H,13,17)(H,18,19)/t7-/m1/s1. The Hall–Kier alpha value is -2.38. The van der Waals surface area contributed by atoms with Crippen LogP contribution < -0.4 is 11.1 Å². The highest BCUT2D eigenvalue weighted by Gasteiger charge is 2.22. The smallest absolute Gasteiger partial charge is 0.326 e. The normalized spacial score (nSPS) is 11.9. The van der Waals surface area contributed by atoms with Gasteiger partial charge in [0.1, 0.15) is 11.7 Å². The highest BCUT2D eigenvalue weighted by Crippen LogP contribution is 2.04. The van der Waals surface area contributed by atoms with Crippen molar-refractivity contribution in [2.75, 3.05) is 0 Å². The number of amides is 2. The molecule has 1 rings (SSSR count). The van der Waals surface area contributed by atoms with Crippen LogP contribution in [0.4, 0.5) is 0 Å². The molecule has 2 amide bonds. The number of hydrogen-bond donors (Lipinski definition) is 3. The Morgan fingerprint density at radius 2 is 2.16 bits per heavy atom. The molecule has 1 aromatic rings. The largest absolute Gasteiger partial charge is 0.480 e. The average Bonchev–Trinajstić information content (AvgIpc) is 2.62. The van der Waals surface area contributed by atoms with Crippen LogP contribution in [0.5, 0.6) is 0 Å². The number of nitrogens with zero attached hydrogens (tertiary/aromatic N) is 2. The molecule has 8 nitrogen and oxygen atoms in total. The second-order valence-corrected chi connectivity index (χ2v) is 4.16. The number of nitrogens with two attached hydrogens (primary N) is 1. The lowest BCUT2D eigenvalue weighted by atomic mass is 10.1. The minimum Gasteiger partial charge on any atom is -0.480 e. The van der Waals surface area contributed by atoms with E-state index in [0.717, 1.165) is 0 Å². The number of carboxylic acid groups (broad SMARTS) is 1. The van der Waals surface area contributed by atoms with Crippen LogP contribution >= 0.6 is 0 Å². The van der Waals surface area contributed by atoms with E-state index < -0.39 is 23.8 Å². The molecule has 0 saturated heterocycles. The number of aromatic nitrogens is 2. The number of carbonyl (C=O) groups excluding carboxylic acids is 2. The fourth-order valence-corrected chi connectivity index (χ4v) is 1.60. The molecule has 0 radical (unpaired) electrons. The molecule has 4 N–H and O–H groups in total. The molecule has 1 heterocycles. The van der Waals surface area contributed by atoms with Crippen LogP contribution in [0.2, 0.25) is 0 Å². The summed E-state index contributed by atoms with van der Waals surface area (Å²) in [5.74, 6) is -2.38. The van der Waals surface area contributed by atoms with Crippen LogP contribution in [0.1, 0.15) is 29.0 Å². The molecule has 0 aromatic carbocycles. The van der Waals surface area contributed by atoms with Crippen LogP contribution in [0, 0.1) is 6.92 Å². The van der Waals surface area contributed by atoms with Gasteiger partial charge in [0, 0.05) is 13.5 Å². The summed E-state index contributed by atoms with van der Waals surface area (Å²) in [5.41, 5.74) is 5.85. The summed E-state index contributed by atoms with van der Waals surface area (Å²) in [5, 5.41) is 15.3. The predicted molar refractivity (Wildman–Crippen MR) is 65.3 cm³/mol. The first-order valence-corrected chi connectivity index (χ1v) is 5.64. The molecule has 104 valence electrons. The first kappa shape index (κ1) is 14.7. The molecule has 8 heteroatoms. The van der Waals surface area contributed by atoms with Gasteiger partial charge in [-0.15, -0.1) is 0 Å². The van der Waals surface area contributed by atoms with Gasteiger partial charge < -0.3 is 16.2 Å². The number of aliphatic carboxylic acids is 1. The van der Waals surface area contributed by atoms with Gasteiger partial charge in [-0.05, 0) is 19.4 Å². The molecular formula is C11H16N4O4. The van der Waals surface area contributed by atoms with Crippen molar-refractivity contribution in [2.24, 2.45) is 12.8 Å². The zero-order valence-electron chi connectivity index (χ0n) is 10.7. The van der Waals surface area contributed by atoms with Crippen LogP contribution in [0.3, 0.4) is 0 Å². The van der Waals surface area contributed by atoms with Crippen LogP contribution in [0.25, 0.3) is 0 Å². The Labute approximate surface area is 109 Å². The number of aryl methyl sites for hydroxylation is 2. The third-order valence-electron chi connectivity index (χ3n) is 2.52. The van der Waals surface area contributed by atoms with Crippen molar-refractivity contribution in [3.63, 3.8) is 0 Å². The van der Waals surface area contributed by atoms with Crippen LogP contribution in [-0.4, -0.2) is 38.7 Å². The third-order valence-corrected chi connectivity index (χ3v) is 2.52. The topological polar surface area (TPSA) is 127 Å². The Morgan fingerprint density at radius 1 is 1.53 bits per heavy atom. The minimum atomic E-state index is -1.21. The maximum atomic E-state index is 11.9. The van der Waals surface area contributed by atoms with E-state index in [2.05, 4.69) is 10.4 Å². The van der Waals surface area contributed by atoms with Gasteiger partial charge >= 0.3 is 5.97 Å². The Kier molecular flexibility index (Phi) is 4.62. The number of primary amides is 1. The Balaban J connectivity index is 2.74. The first-order chi connectivity index (χ1) is 8.81. The van der Waals surface area contributed by atoms with Gasteiger partial charge in [-0.25, -0.2) is 4.79 Å². The van der Waals surface area contributed by atoms with Crippen molar-refractivity contribution >= 4 is 17.8 Å². The summed E-state index contributed by atoms with van der Waals surface area (Å²) in [7, 11) is 1.58. The van der Waals surface area contributed by atoms with E-state index in [9.17, 15) is 14.4 Å². The molecule has 0 aliphatic carbocycles. The quantitative estimate of drug-likeness (QED) is 0.621. The van der Waals surface area contributed by atoms with Gasteiger partial charge in [0.05, 0.1) is 5.69 Å². The second-order valence-electron chi connectivity index (χ2n) is 4.16. The summed E-state index contributed by atoms with van der Waals surface area (Å²) in [6, 6.07) is 0.387. The van der Waals surface area contributed by atoms with E-state index in [-0.39, 0.29) is 18.5 Å². The van der Waals surface area contributed by atoms with Crippen molar-refractivity contribution in [2.45, 2.75) is 25.8 Å². The zero-order valence-corrected chi connectivity index (χ0v) is 10.7. The Bertz CT molecular complexity index is 509. The molecule has 0 saturated carbocycles. The van der Waals surface area contributed by atoms with Gasteiger partial charge in [0.25, 0.3) is 5.91 Å². The van der Waals surface area contributed by atoms with E-state index in [4.69, 9.17) is 10.8 Å². The molecule has 0 bridgehead atoms. The van der Waals surface area contributed by atoms with Crippen molar-refractivity contribution in [3.8, 4) is 0 Å². The number of hydrogen-bond acceptors (Lipinski definition) is 4. The maximum absolute atomic E-state index is 11.9. The molecule has 0 spiro atoms. The second kappa shape index (κ2) is 5.98. The lowest BCUT2D eigenvalue weighted by Crippen LogP contribution is -2.42. The SMILES string of the molecule is Cc1cc(C(=O)N[C@H](CCC(N)=O)C(=O)O)n(C)n1. The lowest BCUT2D eigenvalue weighted by molar-refractivity contribution is -0.139. The van der Waals surface area contributed by atoms with Crippen LogP contribution in [-0.2, 0) is 16.6 Å². The molecule has 1 atom stereocenters. The summed E-state index contributed by atoms with van der Waals surface area (Å²) < 4.78 is 1.36. The van der Waals surface area contributed by atoms with Gasteiger partial charge in [-0.3, -0.25) is 14.3 Å². The van der Waals surface area contributed by atoms with E-state index in [1.54, 1.807) is 20.0 Å². The molecule has 1 aromatic heterocycles. The predicted octanol–water partition coefficient (Wildman–Crippen LogP) is -0.823. The van der Waals surface area contributed by atoms with E-state index in [1.165, 1.54) is 4.68 Å². The van der Waals surface area contributed by atoms with E-state index in [1.807, 2.05) is 0 Å². The summed E-state index contributed by atoms with van der Waals surface area (Å²) in [6.45, 7) is 1.72. The summed E-state index contributed by atoms with van der Waals surface area (Å²) in [4.78, 5) is 33.5. The van der Waals surface area contributed by atoms with E-state index >= 15 is 0 Å². The monoisotopic (exact) mass is 268 g/mol. The molecule has 0 fully saturated rings. The number of carboxylic acids is 1. The number of carbonyl (C=O) groups is 3. The van der Waals surface area contributed by atoms with Gasteiger partial charge in [-0.2, -0.15) is 5.10 Å². The van der Waals surface area contributed by atoms with Crippen molar-refractivity contribution in [1.29, 1.82) is 0 Å². The fraction of sp³-hybridized carbons (Fsp3) is 0.455. The summed E-state index contributed by atoms with van der Waals surface area (Å²) >= 11 is 0. The molecule has 0 unspecified atom stereocenters. The first-order valence-electron chi connectivity index (χ1n) is 5.64. The minimum absolute atomic E-state index is 0.0484. The molecule has 0 aliphatic rings. The van der Waals surface area contributed by atoms with Gasteiger partial charge in [0.2, 0.25) is 5.91 Å². The lowest BCUT2D eigenvalue weighted by Gasteiger charge is -2.13. The Morgan fingerprint density at radius 3 is 2.58 bits per heavy atom. The number of rotatable bonds is 6. The highest BCUT2D eigenvalue weighted by atomic mass is 16.4. The van der Waals surface area contributed by atoms with Crippen LogP contribution in [0.15, 0.2) is 6.07 Å². The van der Waals surface area contributed by atoms with Gasteiger partial charge in [0.15, 0.2) is 0 Å². The molecular weight excluding hydrogens is 252 g/mol. The van der Waals surface area contributed by atoms with E-state index in [0.29, 0.717) is 5.69 Å². The van der Waals surface area contributed by atoms with Crippen molar-refractivity contribution < 1.29 is 19.5 Å². The highest BCUT2D eigenvalue weighted by molar-refractivity contribution is 5.95. The number of nitrogens with one attached hydrogen (secondary N) is 1. The fourth-order valence-electron chi connectivity index (χ4n) is 1.60. The van der Waals surface area contributed by atoms with Gasteiger partial charge in [-0.1, -0.05) is 0 Å². The van der Waals surface area contributed by atoms with Crippen molar-refractivity contribution in [3.05, 3.63) is 17.5 Å². The maximum Gasteiger partial charge on any atom is 0.326 e. The molecule has 19 heavy (non-hydrogen) atoms. The third kappa shape index (κ3) is 4.09. The summed E-state index contributed by atoms with van der Waals surface area (Å²) in [6.07, 6.45) is -0.158. The molecule has 0 aliphatic heterocycles. The zero-order chi connectivity index (χ0) is 14.6. The average molecular weight is 268 g/mol. The van der Waals surface area contributed by atoms with Crippen molar-refractivity contribution in [1.82, 2.24) is 15.1 Å².